The number of ketones is 1. The van der Waals surface area contributed by atoms with Crippen LogP contribution in [0, 0.1) is 0 Å². The van der Waals surface area contributed by atoms with Gasteiger partial charge in [-0.05, 0) is 36.1 Å². The molecule has 0 N–H and O–H groups in total. The number of nitrogens with zero attached hydrogens (tertiary/aromatic N) is 3. The van der Waals surface area contributed by atoms with Crippen molar-refractivity contribution in [2.75, 3.05) is 20.6 Å². The van der Waals surface area contributed by atoms with E-state index in [0.717, 1.165) is 10.3 Å². The highest BCUT2D eigenvalue weighted by molar-refractivity contribution is 9.11. The van der Waals surface area contributed by atoms with E-state index < -0.39 is 0 Å². The van der Waals surface area contributed by atoms with Crippen molar-refractivity contribution in [3.05, 3.63) is 37.7 Å². The second-order valence-electron chi connectivity index (χ2n) is 4.34. The lowest BCUT2D eigenvalue weighted by Crippen LogP contribution is -2.21. The molecule has 0 aromatic carbocycles. The fraction of sp³-hybridized carbons (Fsp3) is 0.333. The molecule has 0 aliphatic heterocycles. The highest BCUT2D eigenvalue weighted by atomic mass is 79.9. The predicted octanol–water partition coefficient (Wildman–Crippen LogP) is 3.15. The molecule has 0 unspecified atom stereocenters. The number of thiophene rings is 1. The Labute approximate surface area is 129 Å². The summed E-state index contributed by atoms with van der Waals surface area (Å²) in [5.41, 5.74) is 1.08. The molecule has 4 nitrogen and oxygen atoms in total. The molecule has 19 heavy (non-hydrogen) atoms. The van der Waals surface area contributed by atoms with Gasteiger partial charge in [0.25, 0.3) is 0 Å². The van der Waals surface area contributed by atoms with E-state index in [-0.39, 0.29) is 5.78 Å². The fourth-order valence-electron chi connectivity index (χ4n) is 1.62. The molecule has 2 rings (SSSR count). The lowest BCUT2D eigenvalue weighted by atomic mass is 10.1. The number of halogens is 2. The summed E-state index contributed by atoms with van der Waals surface area (Å²) in [6.45, 7) is 1.43. The second-order valence-corrected chi connectivity index (χ2v) is 7.03. The average molecular weight is 363 g/mol. The van der Waals surface area contributed by atoms with Crippen LogP contribution >= 0.6 is 38.9 Å². The molecule has 0 saturated heterocycles. The number of carbonyl (C=O) groups excluding carboxylic acids is 1. The van der Waals surface area contributed by atoms with Crippen LogP contribution in [0.3, 0.4) is 0 Å². The lowest BCUT2D eigenvalue weighted by Gasteiger charge is -2.11. The SMILES string of the molecule is CN(C)CCn1ncc(Cl)c1C(=O)c1csc(Br)c1. The zero-order valence-electron chi connectivity index (χ0n) is 10.6. The van der Waals surface area contributed by atoms with Crippen LogP contribution in [0.5, 0.6) is 0 Å². The Morgan fingerprint density at radius 2 is 2.32 bits per heavy atom. The molecule has 0 saturated carbocycles. The Morgan fingerprint density at radius 3 is 2.89 bits per heavy atom. The van der Waals surface area contributed by atoms with Gasteiger partial charge >= 0.3 is 0 Å². The summed E-state index contributed by atoms with van der Waals surface area (Å²) in [5, 5.41) is 6.38. The van der Waals surface area contributed by atoms with Crippen LogP contribution in [-0.2, 0) is 6.54 Å². The minimum atomic E-state index is -0.0943. The van der Waals surface area contributed by atoms with E-state index in [1.807, 2.05) is 24.4 Å². The molecular formula is C12H13BrClN3OS. The maximum Gasteiger partial charge on any atom is 0.213 e. The van der Waals surface area contributed by atoms with Gasteiger partial charge in [-0.1, -0.05) is 11.6 Å². The van der Waals surface area contributed by atoms with E-state index in [9.17, 15) is 4.79 Å². The van der Waals surface area contributed by atoms with Gasteiger partial charge < -0.3 is 4.90 Å². The molecular weight excluding hydrogens is 350 g/mol. The van der Waals surface area contributed by atoms with E-state index >= 15 is 0 Å². The predicted molar refractivity (Wildman–Crippen MR) is 81.2 cm³/mol. The van der Waals surface area contributed by atoms with Gasteiger partial charge in [-0.15, -0.1) is 11.3 Å². The zero-order valence-corrected chi connectivity index (χ0v) is 13.7. The Balaban J connectivity index is 2.28. The van der Waals surface area contributed by atoms with Crippen molar-refractivity contribution in [1.82, 2.24) is 14.7 Å². The number of aromatic nitrogens is 2. The van der Waals surface area contributed by atoms with Crippen molar-refractivity contribution in [3.8, 4) is 0 Å². The summed E-state index contributed by atoms with van der Waals surface area (Å²) < 4.78 is 2.59. The summed E-state index contributed by atoms with van der Waals surface area (Å²) in [6, 6.07) is 1.80. The molecule has 2 aromatic rings. The van der Waals surface area contributed by atoms with E-state index in [0.29, 0.717) is 22.8 Å². The first-order valence-corrected chi connectivity index (χ1v) is 7.69. The Hall–Kier alpha value is -0.690. The summed E-state index contributed by atoms with van der Waals surface area (Å²) in [6.07, 6.45) is 1.52. The van der Waals surface area contributed by atoms with Crippen LogP contribution in [0.25, 0.3) is 0 Å². The van der Waals surface area contributed by atoms with E-state index in [2.05, 4.69) is 21.0 Å². The first-order valence-electron chi connectivity index (χ1n) is 5.64. The average Bonchev–Trinajstić information content (AvgIpc) is 2.92. The van der Waals surface area contributed by atoms with Crippen molar-refractivity contribution in [2.45, 2.75) is 6.54 Å². The number of hydrogen-bond donors (Lipinski definition) is 0. The normalized spacial score (nSPS) is 11.2. The molecule has 0 atom stereocenters. The van der Waals surface area contributed by atoms with Crippen molar-refractivity contribution in [1.29, 1.82) is 0 Å². The minimum absolute atomic E-state index is 0.0943. The largest absolute Gasteiger partial charge is 0.308 e. The highest BCUT2D eigenvalue weighted by Crippen LogP contribution is 2.25. The van der Waals surface area contributed by atoms with Crippen LogP contribution in [0.2, 0.25) is 5.02 Å². The third-order valence-electron chi connectivity index (χ3n) is 2.60. The summed E-state index contributed by atoms with van der Waals surface area (Å²) in [4.78, 5) is 14.5. The molecule has 2 aromatic heterocycles. The molecule has 0 fully saturated rings. The molecule has 7 heteroatoms. The van der Waals surface area contributed by atoms with Gasteiger partial charge in [0.15, 0.2) is 0 Å². The van der Waals surface area contributed by atoms with E-state index in [1.54, 1.807) is 10.7 Å². The number of rotatable bonds is 5. The molecule has 2 heterocycles. The summed E-state index contributed by atoms with van der Waals surface area (Å²) in [7, 11) is 3.95. The molecule has 0 amide bonds. The van der Waals surface area contributed by atoms with Gasteiger partial charge in [-0.25, -0.2) is 0 Å². The van der Waals surface area contributed by atoms with Crippen LogP contribution in [-0.4, -0.2) is 41.1 Å². The topological polar surface area (TPSA) is 38.1 Å². The third-order valence-corrected chi connectivity index (χ3v) is 4.38. The van der Waals surface area contributed by atoms with Crippen LogP contribution in [0.1, 0.15) is 16.1 Å². The Morgan fingerprint density at radius 1 is 1.58 bits per heavy atom. The molecule has 0 aliphatic rings. The minimum Gasteiger partial charge on any atom is -0.308 e. The second kappa shape index (κ2) is 6.17. The quantitative estimate of drug-likeness (QED) is 0.767. The first-order chi connectivity index (χ1) is 8.99. The van der Waals surface area contributed by atoms with Crippen LogP contribution in [0.4, 0.5) is 0 Å². The maximum atomic E-state index is 12.4. The molecule has 0 aliphatic carbocycles. The van der Waals surface area contributed by atoms with Crippen LogP contribution in [0.15, 0.2) is 21.4 Å². The van der Waals surface area contributed by atoms with Gasteiger partial charge in [-0.2, -0.15) is 5.10 Å². The summed E-state index contributed by atoms with van der Waals surface area (Å²) >= 11 is 10.9. The van der Waals surface area contributed by atoms with Gasteiger partial charge in [-0.3, -0.25) is 9.48 Å². The van der Waals surface area contributed by atoms with Crippen molar-refractivity contribution in [3.63, 3.8) is 0 Å². The standard InChI is InChI=1S/C12H13BrClN3OS/c1-16(2)3-4-17-11(9(14)6-15-17)12(18)8-5-10(13)19-7-8/h5-7H,3-4H2,1-2H3. The van der Waals surface area contributed by atoms with Gasteiger partial charge in [0.05, 0.1) is 21.6 Å². The van der Waals surface area contributed by atoms with Crippen molar-refractivity contribution < 1.29 is 4.79 Å². The van der Waals surface area contributed by atoms with Gasteiger partial charge in [0.1, 0.15) is 5.69 Å². The Bertz CT molecular complexity index is 594. The maximum absolute atomic E-state index is 12.4. The highest BCUT2D eigenvalue weighted by Gasteiger charge is 2.20. The van der Waals surface area contributed by atoms with E-state index in [1.165, 1.54) is 17.5 Å². The molecule has 0 spiro atoms. The van der Waals surface area contributed by atoms with Gasteiger partial charge in [0, 0.05) is 17.5 Å². The van der Waals surface area contributed by atoms with Gasteiger partial charge in [0.2, 0.25) is 5.78 Å². The van der Waals surface area contributed by atoms with Crippen molar-refractivity contribution in [2.24, 2.45) is 0 Å². The molecule has 0 bridgehead atoms. The van der Waals surface area contributed by atoms with Crippen LogP contribution < -0.4 is 0 Å². The summed E-state index contributed by atoms with van der Waals surface area (Å²) in [5.74, 6) is -0.0943. The fourth-order valence-corrected chi connectivity index (χ4v) is 2.98. The van der Waals surface area contributed by atoms with E-state index in [4.69, 9.17) is 11.6 Å². The first kappa shape index (κ1) is 14.7. The Kier molecular flexibility index (Phi) is 4.78. The third kappa shape index (κ3) is 3.45. The lowest BCUT2D eigenvalue weighted by molar-refractivity contribution is 0.102. The van der Waals surface area contributed by atoms with Crippen molar-refractivity contribution >= 4 is 44.7 Å². The zero-order chi connectivity index (χ0) is 14.0. The molecule has 102 valence electrons. The smallest absolute Gasteiger partial charge is 0.213 e. The number of hydrogen-bond acceptors (Lipinski definition) is 4. The number of likely N-dealkylation sites (N-methyl/N-ethyl adjacent to an activating group) is 1. The monoisotopic (exact) mass is 361 g/mol. The molecule has 0 radical (unpaired) electrons. The number of carbonyl (C=O) groups is 1.